The quantitative estimate of drug-likeness (QED) is 0.697. The predicted molar refractivity (Wildman–Crippen MR) is 111 cm³/mol. The Balaban J connectivity index is 1.54. The maximum atomic E-state index is 13.2. The Bertz CT molecular complexity index is 1130. The van der Waals surface area contributed by atoms with Gasteiger partial charge in [0.1, 0.15) is 11.6 Å². The Hall–Kier alpha value is -2.90. The van der Waals surface area contributed by atoms with Gasteiger partial charge in [0.25, 0.3) is 5.91 Å². The number of aromatic nitrogens is 1. The van der Waals surface area contributed by atoms with E-state index >= 15 is 0 Å². The Kier molecular flexibility index (Phi) is 4.34. The molecule has 6 nitrogen and oxygen atoms in total. The molecule has 3 aromatic rings. The summed E-state index contributed by atoms with van der Waals surface area (Å²) < 4.78 is 20.7. The highest BCUT2D eigenvalue weighted by molar-refractivity contribution is 5.96. The molecule has 2 aliphatic rings. The van der Waals surface area contributed by atoms with Crippen LogP contribution in [0.2, 0.25) is 0 Å². The van der Waals surface area contributed by atoms with Crippen LogP contribution in [0, 0.1) is 5.82 Å². The molecule has 30 heavy (non-hydrogen) atoms. The molecule has 1 aromatic heterocycles. The van der Waals surface area contributed by atoms with Crippen LogP contribution in [-0.4, -0.2) is 53.8 Å². The summed E-state index contributed by atoms with van der Waals surface area (Å²) in [6, 6.07) is 11.6. The molecule has 2 aliphatic heterocycles. The Morgan fingerprint density at radius 1 is 1.27 bits per heavy atom. The van der Waals surface area contributed by atoms with E-state index in [4.69, 9.17) is 4.74 Å². The van der Waals surface area contributed by atoms with E-state index in [0.717, 1.165) is 22.3 Å². The number of benzene rings is 2. The minimum Gasteiger partial charge on any atom is -0.497 e. The fourth-order valence-electron chi connectivity index (χ4n) is 5.06. The van der Waals surface area contributed by atoms with Gasteiger partial charge in [-0.05, 0) is 42.0 Å². The van der Waals surface area contributed by atoms with Gasteiger partial charge in [0, 0.05) is 54.8 Å². The summed E-state index contributed by atoms with van der Waals surface area (Å²) in [5.41, 5.74) is 3.57. The number of ether oxygens (including phenoxy) is 1. The summed E-state index contributed by atoms with van der Waals surface area (Å²) in [4.78, 5) is 14.7. The SMILES string of the molecule is COc1ccc2c3c(n(C)c2c1)[C@@H](CO)NCC31CN(C(=O)c2ccc(F)cc2)C1. The second kappa shape index (κ2) is 6.82. The van der Waals surface area contributed by atoms with Gasteiger partial charge in [0.05, 0.1) is 25.3 Å². The smallest absolute Gasteiger partial charge is 0.253 e. The van der Waals surface area contributed by atoms with E-state index in [1.54, 1.807) is 12.0 Å². The number of carbonyl (C=O) groups is 1. The molecule has 1 amide bonds. The molecule has 156 valence electrons. The Morgan fingerprint density at radius 2 is 2.00 bits per heavy atom. The summed E-state index contributed by atoms with van der Waals surface area (Å²) in [7, 11) is 3.65. The number of methoxy groups -OCH3 is 1. The van der Waals surface area contributed by atoms with Crippen LogP contribution in [0.15, 0.2) is 42.5 Å². The largest absolute Gasteiger partial charge is 0.497 e. The molecular formula is C23H24FN3O3. The number of rotatable bonds is 3. The highest BCUT2D eigenvalue weighted by atomic mass is 19.1. The zero-order chi connectivity index (χ0) is 21.0. The lowest BCUT2D eigenvalue weighted by molar-refractivity contribution is 0.0338. The van der Waals surface area contributed by atoms with Crippen molar-refractivity contribution in [3.63, 3.8) is 0 Å². The van der Waals surface area contributed by atoms with Gasteiger partial charge in [-0.15, -0.1) is 0 Å². The van der Waals surface area contributed by atoms with Crippen molar-refractivity contribution < 1.29 is 19.0 Å². The standard InChI is InChI=1S/C23H24FN3O3/c1-26-19-9-16(30-2)7-8-17(19)20-21(26)18(10-28)25-11-23(20)12-27(13-23)22(29)14-3-5-15(24)6-4-14/h3-9,18,25,28H,10-13H2,1-2H3/t18-/m1/s1. The van der Waals surface area contributed by atoms with Gasteiger partial charge < -0.3 is 24.6 Å². The minimum absolute atomic E-state index is 0.00258. The maximum Gasteiger partial charge on any atom is 0.253 e. The molecular weight excluding hydrogens is 385 g/mol. The van der Waals surface area contributed by atoms with Gasteiger partial charge in [-0.3, -0.25) is 4.79 Å². The van der Waals surface area contributed by atoms with Crippen LogP contribution in [0.4, 0.5) is 4.39 Å². The number of likely N-dealkylation sites (tertiary alicyclic amines) is 1. The summed E-state index contributed by atoms with van der Waals surface area (Å²) in [6.07, 6.45) is 0. The van der Waals surface area contributed by atoms with Crippen LogP contribution < -0.4 is 10.1 Å². The number of hydrogen-bond acceptors (Lipinski definition) is 4. The van der Waals surface area contributed by atoms with E-state index in [2.05, 4.69) is 16.0 Å². The number of nitrogens with zero attached hydrogens (tertiary/aromatic N) is 2. The number of amides is 1. The van der Waals surface area contributed by atoms with Crippen LogP contribution in [0.25, 0.3) is 10.9 Å². The average molecular weight is 409 g/mol. The van der Waals surface area contributed by atoms with Gasteiger partial charge >= 0.3 is 0 Å². The average Bonchev–Trinajstić information content (AvgIpc) is 3.04. The summed E-state index contributed by atoms with van der Waals surface area (Å²) in [6.45, 7) is 1.84. The van der Waals surface area contributed by atoms with E-state index in [0.29, 0.717) is 25.2 Å². The number of aliphatic hydroxyl groups excluding tert-OH is 1. The normalized spacial score (nSPS) is 19.6. The van der Waals surface area contributed by atoms with E-state index in [9.17, 15) is 14.3 Å². The molecule has 7 heteroatoms. The summed E-state index contributed by atoms with van der Waals surface area (Å²) >= 11 is 0. The zero-order valence-corrected chi connectivity index (χ0v) is 17.0. The van der Waals surface area contributed by atoms with Crippen molar-refractivity contribution in [2.75, 3.05) is 33.4 Å². The summed E-state index contributed by atoms with van der Waals surface area (Å²) in [5, 5.41) is 14.6. The molecule has 1 fully saturated rings. The summed E-state index contributed by atoms with van der Waals surface area (Å²) in [5.74, 6) is 0.340. The van der Waals surface area contributed by atoms with E-state index in [1.165, 1.54) is 29.8 Å². The van der Waals surface area contributed by atoms with Crippen LogP contribution in [-0.2, 0) is 12.5 Å². The Labute approximate surface area is 173 Å². The van der Waals surface area contributed by atoms with E-state index in [1.807, 2.05) is 19.2 Å². The third-order valence-electron chi connectivity index (χ3n) is 6.55. The highest BCUT2D eigenvalue weighted by Crippen LogP contribution is 2.46. The molecule has 1 atom stereocenters. The lowest BCUT2D eigenvalue weighted by atomic mass is 9.69. The number of aliphatic hydroxyl groups is 1. The van der Waals surface area contributed by atoms with Crippen LogP contribution >= 0.6 is 0 Å². The number of aryl methyl sites for hydroxylation is 1. The fraction of sp³-hybridized carbons (Fsp3) is 0.348. The van der Waals surface area contributed by atoms with Gasteiger partial charge in [0.15, 0.2) is 0 Å². The van der Waals surface area contributed by atoms with Crippen molar-refractivity contribution in [3.8, 4) is 5.75 Å². The molecule has 0 aliphatic carbocycles. The van der Waals surface area contributed by atoms with Gasteiger partial charge in [0.2, 0.25) is 0 Å². The van der Waals surface area contributed by atoms with Crippen molar-refractivity contribution in [1.82, 2.24) is 14.8 Å². The molecule has 1 saturated heterocycles. The number of nitrogens with one attached hydrogen (secondary N) is 1. The molecule has 2 aromatic carbocycles. The second-order valence-corrected chi connectivity index (χ2v) is 8.27. The molecule has 5 rings (SSSR count). The maximum absolute atomic E-state index is 13.2. The fourth-order valence-corrected chi connectivity index (χ4v) is 5.06. The van der Waals surface area contributed by atoms with Crippen molar-refractivity contribution in [3.05, 3.63) is 65.1 Å². The van der Waals surface area contributed by atoms with Gasteiger partial charge in [-0.2, -0.15) is 0 Å². The first-order chi connectivity index (χ1) is 14.5. The van der Waals surface area contributed by atoms with Crippen molar-refractivity contribution in [2.24, 2.45) is 7.05 Å². The van der Waals surface area contributed by atoms with Crippen LogP contribution in [0.5, 0.6) is 5.75 Å². The third-order valence-corrected chi connectivity index (χ3v) is 6.55. The topological polar surface area (TPSA) is 66.7 Å². The second-order valence-electron chi connectivity index (χ2n) is 8.27. The molecule has 0 saturated carbocycles. The number of carbonyl (C=O) groups excluding carboxylic acids is 1. The highest BCUT2D eigenvalue weighted by Gasteiger charge is 2.52. The van der Waals surface area contributed by atoms with Gasteiger partial charge in [-0.25, -0.2) is 4.39 Å². The van der Waals surface area contributed by atoms with Crippen molar-refractivity contribution >= 4 is 16.8 Å². The zero-order valence-electron chi connectivity index (χ0n) is 17.0. The van der Waals surface area contributed by atoms with Crippen molar-refractivity contribution in [2.45, 2.75) is 11.5 Å². The minimum atomic E-state index is -0.353. The lowest BCUT2D eigenvalue weighted by Crippen LogP contribution is -2.67. The number of fused-ring (bicyclic) bond motifs is 4. The third kappa shape index (κ3) is 2.66. The Morgan fingerprint density at radius 3 is 2.67 bits per heavy atom. The van der Waals surface area contributed by atoms with Gasteiger partial charge in [-0.1, -0.05) is 0 Å². The predicted octanol–water partition coefficient (Wildman–Crippen LogP) is 2.36. The van der Waals surface area contributed by atoms with Crippen molar-refractivity contribution in [1.29, 1.82) is 0 Å². The van der Waals surface area contributed by atoms with Crippen LogP contribution in [0.3, 0.4) is 0 Å². The first kappa shape index (κ1) is 19.1. The molecule has 3 heterocycles. The van der Waals surface area contributed by atoms with Crippen LogP contribution in [0.1, 0.15) is 27.7 Å². The molecule has 0 unspecified atom stereocenters. The van der Waals surface area contributed by atoms with E-state index < -0.39 is 0 Å². The lowest BCUT2D eigenvalue weighted by Gasteiger charge is -2.53. The number of halogens is 1. The van der Waals surface area contributed by atoms with E-state index in [-0.39, 0.29) is 29.8 Å². The first-order valence-electron chi connectivity index (χ1n) is 10.0. The molecule has 0 bridgehead atoms. The molecule has 0 radical (unpaired) electrons. The molecule has 2 N–H and O–H groups in total. The first-order valence-corrected chi connectivity index (χ1v) is 10.0. The number of hydrogen-bond donors (Lipinski definition) is 2. The monoisotopic (exact) mass is 409 g/mol. The molecule has 1 spiro atoms.